The Morgan fingerprint density at radius 1 is 1.14 bits per heavy atom. The van der Waals surface area contributed by atoms with Crippen LogP contribution >= 0.6 is 11.8 Å². The number of phenolic OH excluding ortho intramolecular Hbond substituents is 1. The van der Waals surface area contributed by atoms with Crippen molar-refractivity contribution in [3.8, 4) is 5.75 Å². The van der Waals surface area contributed by atoms with Gasteiger partial charge < -0.3 is 5.11 Å². The molecule has 1 N–H and O–H groups in total. The first-order chi connectivity index (χ1) is 9.95. The molecule has 1 nitrogen and oxygen atoms in total. The van der Waals surface area contributed by atoms with Crippen LogP contribution in [-0.2, 0) is 5.41 Å². The zero-order chi connectivity index (χ0) is 15.0. The molecule has 1 heterocycles. The van der Waals surface area contributed by atoms with Crippen LogP contribution in [0.25, 0.3) is 11.6 Å². The average Bonchev–Trinajstić information content (AvgIpc) is 2.77. The minimum Gasteiger partial charge on any atom is -0.508 e. The first-order valence-corrected chi connectivity index (χ1v) is 8.19. The largest absolute Gasteiger partial charge is 0.508 e. The molecule has 2 aromatic rings. The van der Waals surface area contributed by atoms with Gasteiger partial charge in [0.2, 0.25) is 0 Å². The van der Waals surface area contributed by atoms with Crippen molar-refractivity contribution in [1.82, 2.24) is 0 Å². The summed E-state index contributed by atoms with van der Waals surface area (Å²) in [5.74, 6) is 1.47. The van der Waals surface area contributed by atoms with E-state index in [-0.39, 0.29) is 5.41 Å². The van der Waals surface area contributed by atoms with Gasteiger partial charge >= 0.3 is 0 Å². The molecular weight excluding hydrogens is 276 g/mol. The Labute approximate surface area is 130 Å². The van der Waals surface area contributed by atoms with Gasteiger partial charge in [0, 0.05) is 16.1 Å². The molecular formula is C19H20OS. The fourth-order valence-electron chi connectivity index (χ4n) is 2.67. The van der Waals surface area contributed by atoms with Crippen molar-refractivity contribution in [3.63, 3.8) is 0 Å². The predicted molar refractivity (Wildman–Crippen MR) is 91.8 cm³/mol. The van der Waals surface area contributed by atoms with Gasteiger partial charge in [0.05, 0.1) is 0 Å². The lowest BCUT2D eigenvalue weighted by Crippen LogP contribution is -2.15. The number of benzene rings is 2. The molecule has 0 unspecified atom stereocenters. The second-order valence-electron chi connectivity index (χ2n) is 6.30. The van der Waals surface area contributed by atoms with Gasteiger partial charge in [-0.1, -0.05) is 38.1 Å². The molecule has 0 saturated heterocycles. The third-order valence-corrected chi connectivity index (χ3v) is 5.56. The number of hydrogen-bond donors (Lipinski definition) is 1. The molecule has 0 spiro atoms. The first kappa shape index (κ1) is 14.3. The topological polar surface area (TPSA) is 20.2 Å². The van der Waals surface area contributed by atoms with Crippen LogP contribution in [0.1, 0.15) is 37.5 Å². The maximum Gasteiger partial charge on any atom is 0.115 e. The van der Waals surface area contributed by atoms with Gasteiger partial charge in [-0.25, -0.2) is 0 Å². The van der Waals surface area contributed by atoms with E-state index in [0.717, 1.165) is 11.3 Å². The summed E-state index contributed by atoms with van der Waals surface area (Å²) in [7, 11) is 0. The fraction of sp³-hybridized carbons (Fsp3) is 0.263. The number of allylic oxidation sites excluding steroid dienone is 1. The standard InChI is InChI=1S/C19H20OS/c1-13(10-14-4-7-16(20)8-5-14)15-6-9-18-17(11-15)19(2,3)12-21-18/h4-11,20H,12H2,1-3H3/b13-10+. The zero-order valence-corrected chi connectivity index (χ0v) is 13.5. The molecule has 0 fully saturated rings. The van der Waals surface area contributed by atoms with Crippen LogP contribution in [0.4, 0.5) is 0 Å². The summed E-state index contributed by atoms with van der Waals surface area (Å²) in [5.41, 5.74) is 5.35. The predicted octanol–water partition coefficient (Wildman–Crippen LogP) is 5.34. The summed E-state index contributed by atoms with van der Waals surface area (Å²) in [6.07, 6.45) is 2.16. The minimum atomic E-state index is 0.259. The van der Waals surface area contributed by atoms with Crippen molar-refractivity contribution in [3.05, 3.63) is 59.2 Å². The van der Waals surface area contributed by atoms with Crippen LogP contribution in [0.5, 0.6) is 5.75 Å². The third kappa shape index (κ3) is 2.86. The minimum absolute atomic E-state index is 0.259. The zero-order valence-electron chi connectivity index (χ0n) is 12.7. The van der Waals surface area contributed by atoms with Crippen LogP contribution in [0.15, 0.2) is 47.4 Å². The summed E-state index contributed by atoms with van der Waals surface area (Å²) in [6.45, 7) is 6.77. The molecule has 3 rings (SSSR count). The summed E-state index contributed by atoms with van der Waals surface area (Å²) >= 11 is 1.95. The smallest absolute Gasteiger partial charge is 0.115 e. The van der Waals surface area contributed by atoms with E-state index in [1.165, 1.54) is 21.6 Å². The third-order valence-electron chi connectivity index (χ3n) is 4.03. The molecule has 108 valence electrons. The SMILES string of the molecule is C/C(=C\c1ccc(O)cc1)c1ccc2c(c1)C(C)(C)CS2. The van der Waals surface area contributed by atoms with Gasteiger partial charge in [-0.05, 0) is 53.5 Å². The van der Waals surface area contributed by atoms with E-state index < -0.39 is 0 Å². The van der Waals surface area contributed by atoms with E-state index >= 15 is 0 Å². The molecule has 0 radical (unpaired) electrons. The molecule has 0 amide bonds. The summed E-state index contributed by atoms with van der Waals surface area (Å²) < 4.78 is 0. The highest BCUT2D eigenvalue weighted by atomic mass is 32.2. The normalized spacial score (nSPS) is 16.8. The molecule has 21 heavy (non-hydrogen) atoms. The van der Waals surface area contributed by atoms with Crippen molar-refractivity contribution in [1.29, 1.82) is 0 Å². The van der Waals surface area contributed by atoms with Gasteiger partial charge in [0.1, 0.15) is 5.75 Å². The Kier molecular flexibility index (Phi) is 3.58. The van der Waals surface area contributed by atoms with Gasteiger partial charge in [0.15, 0.2) is 0 Å². The highest BCUT2D eigenvalue weighted by molar-refractivity contribution is 7.99. The molecule has 2 aromatic carbocycles. The van der Waals surface area contributed by atoms with E-state index in [1.54, 1.807) is 12.1 Å². The van der Waals surface area contributed by atoms with Crippen LogP contribution < -0.4 is 0 Å². The van der Waals surface area contributed by atoms with Gasteiger partial charge in [0.25, 0.3) is 0 Å². The maximum absolute atomic E-state index is 9.35. The first-order valence-electron chi connectivity index (χ1n) is 7.21. The van der Waals surface area contributed by atoms with Crippen LogP contribution in [0, 0.1) is 0 Å². The molecule has 1 aliphatic rings. The van der Waals surface area contributed by atoms with Crippen molar-refractivity contribution in [2.75, 3.05) is 5.75 Å². The molecule has 0 atom stereocenters. The monoisotopic (exact) mass is 296 g/mol. The Balaban J connectivity index is 1.95. The van der Waals surface area contributed by atoms with Gasteiger partial charge in [-0.3, -0.25) is 0 Å². The van der Waals surface area contributed by atoms with Crippen molar-refractivity contribution in [2.45, 2.75) is 31.1 Å². The van der Waals surface area contributed by atoms with Crippen molar-refractivity contribution in [2.24, 2.45) is 0 Å². The van der Waals surface area contributed by atoms with E-state index in [4.69, 9.17) is 0 Å². The number of thioether (sulfide) groups is 1. The van der Waals surface area contributed by atoms with Crippen LogP contribution in [0.2, 0.25) is 0 Å². The summed E-state index contributed by atoms with van der Waals surface area (Å²) in [5, 5.41) is 9.35. The maximum atomic E-state index is 9.35. The number of fused-ring (bicyclic) bond motifs is 1. The van der Waals surface area contributed by atoms with E-state index in [2.05, 4.69) is 45.0 Å². The Bertz CT molecular complexity index is 696. The molecule has 2 heteroatoms. The Morgan fingerprint density at radius 3 is 2.57 bits per heavy atom. The Morgan fingerprint density at radius 2 is 1.86 bits per heavy atom. The molecule has 0 aliphatic carbocycles. The van der Waals surface area contributed by atoms with Crippen LogP contribution in [-0.4, -0.2) is 10.9 Å². The number of phenols is 1. The molecule has 0 aromatic heterocycles. The summed E-state index contributed by atoms with van der Waals surface area (Å²) in [6, 6.07) is 14.1. The lowest BCUT2D eigenvalue weighted by Gasteiger charge is -2.18. The van der Waals surface area contributed by atoms with Crippen LogP contribution in [0.3, 0.4) is 0 Å². The van der Waals surface area contributed by atoms with Gasteiger partial charge in [-0.15, -0.1) is 11.8 Å². The van der Waals surface area contributed by atoms with E-state index in [1.807, 2.05) is 23.9 Å². The number of hydrogen-bond acceptors (Lipinski definition) is 2. The molecule has 0 bridgehead atoms. The van der Waals surface area contributed by atoms with Crippen molar-refractivity contribution >= 4 is 23.4 Å². The lowest BCUT2D eigenvalue weighted by molar-refractivity contribution is 0.475. The number of rotatable bonds is 2. The Hall–Kier alpha value is -1.67. The quantitative estimate of drug-likeness (QED) is 0.755. The van der Waals surface area contributed by atoms with Gasteiger partial charge in [-0.2, -0.15) is 0 Å². The number of aromatic hydroxyl groups is 1. The fourth-order valence-corrected chi connectivity index (χ4v) is 4.00. The van der Waals surface area contributed by atoms with Crippen molar-refractivity contribution < 1.29 is 5.11 Å². The second-order valence-corrected chi connectivity index (χ2v) is 7.32. The molecule has 1 aliphatic heterocycles. The second kappa shape index (κ2) is 5.27. The average molecular weight is 296 g/mol. The molecule has 0 saturated carbocycles. The van der Waals surface area contributed by atoms with E-state index in [9.17, 15) is 5.11 Å². The highest BCUT2D eigenvalue weighted by Gasteiger charge is 2.30. The van der Waals surface area contributed by atoms with E-state index in [0.29, 0.717) is 5.75 Å². The lowest BCUT2D eigenvalue weighted by atomic mass is 9.85. The summed E-state index contributed by atoms with van der Waals surface area (Å²) in [4.78, 5) is 1.42. The highest BCUT2D eigenvalue weighted by Crippen LogP contribution is 2.44.